The number of morpholine rings is 1. The Kier molecular flexibility index (Phi) is 8.76. The van der Waals surface area contributed by atoms with E-state index in [0.717, 1.165) is 32.2 Å². The van der Waals surface area contributed by atoms with Crippen molar-refractivity contribution in [2.75, 3.05) is 39.4 Å². The van der Waals surface area contributed by atoms with E-state index >= 15 is 0 Å². The summed E-state index contributed by atoms with van der Waals surface area (Å²) in [6.45, 7) is 8.48. The first-order valence-corrected chi connectivity index (χ1v) is 14.1. The molecule has 2 aliphatic heterocycles. The van der Waals surface area contributed by atoms with Crippen LogP contribution in [0.15, 0.2) is 0 Å². The number of nitrogens with zero attached hydrogens (tertiary/aromatic N) is 3. The molecule has 196 valence electrons. The molecule has 1 N–H and O–H groups in total. The quantitative estimate of drug-likeness (QED) is 0.590. The van der Waals surface area contributed by atoms with Gasteiger partial charge in [-0.3, -0.25) is 14.5 Å². The molecular formula is C28H46N4O3. The molecule has 0 spiro atoms. The third-order valence-corrected chi connectivity index (χ3v) is 9.07. The lowest BCUT2D eigenvalue weighted by molar-refractivity contribution is -0.140. The predicted molar refractivity (Wildman–Crippen MR) is 135 cm³/mol. The highest BCUT2D eigenvalue weighted by molar-refractivity contribution is 5.86. The van der Waals surface area contributed by atoms with Crippen molar-refractivity contribution >= 4 is 11.8 Å². The zero-order valence-corrected chi connectivity index (χ0v) is 22.0. The second-order valence-electron chi connectivity index (χ2n) is 12.5. The van der Waals surface area contributed by atoms with Gasteiger partial charge in [-0.25, -0.2) is 0 Å². The molecule has 0 bridgehead atoms. The fraction of sp³-hybridized carbons (Fsp3) is 0.893. The van der Waals surface area contributed by atoms with Gasteiger partial charge in [0.25, 0.3) is 0 Å². The Labute approximate surface area is 211 Å². The van der Waals surface area contributed by atoms with Gasteiger partial charge in [-0.2, -0.15) is 5.26 Å². The van der Waals surface area contributed by atoms with E-state index in [4.69, 9.17) is 4.74 Å². The third-order valence-electron chi connectivity index (χ3n) is 9.07. The van der Waals surface area contributed by atoms with E-state index in [0.29, 0.717) is 56.6 Å². The number of likely N-dealkylation sites (tertiary alicyclic amines) is 1. The molecule has 2 aliphatic carbocycles. The molecule has 0 aromatic carbocycles. The Balaban J connectivity index is 1.41. The molecule has 1 unspecified atom stereocenters. The number of nitrogens with one attached hydrogen (secondary N) is 1. The summed E-state index contributed by atoms with van der Waals surface area (Å²) >= 11 is 0. The van der Waals surface area contributed by atoms with E-state index in [1.807, 2.05) is 4.90 Å². The Morgan fingerprint density at radius 1 is 1.06 bits per heavy atom. The Bertz CT molecular complexity index is 782. The number of nitriles is 1. The van der Waals surface area contributed by atoms with Crippen LogP contribution in [0.4, 0.5) is 0 Å². The largest absolute Gasteiger partial charge is 0.378 e. The molecule has 4 fully saturated rings. The van der Waals surface area contributed by atoms with Gasteiger partial charge in [0.15, 0.2) is 0 Å². The normalized spacial score (nSPS) is 31.0. The maximum absolute atomic E-state index is 13.7. The van der Waals surface area contributed by atoms with Gasteiger partial charge in [-0.1, -0.05) is 52.4 Å². The van der Waals surface area contributed by atoms with Gasteiger partial charge in [0.05, 0.1) is 19.3 Å². The van der Waals surface area contributed by atoms with Crippen LogP contribution in [-0.4, -0.2) is 72.6 Å². The molecule has 3 atom stereocenters. The highest BCUT2D eigenvalue weighted by Crippen LogP contribution is 2.39. The average molecular weight is 487 g/mol. The number of carbonyl (C=O) groups excluding carboxylic acids is 2. The van der Waals surface area contributed by atoms with E-state index in [1.165, 1.54) is 38.5 Å². The highest BCUT2D eigenvalue weighted by atomic mass is 16.5. The standard InChI is InChI=1S/C28H46N4O3/c1-27(2)10-6-9-24(19-27)32-12-11-28(20-29,21-32)30-26(34)23(17-22-7-4-3-5-8-22)18-25(33)31-13-15-35-16-14-31/h22-24H,3-19,21H2,1-2H3,(H,30,34)/t23-,24?,28-/m1/s1. The van der Waals surface area contributed by atoms with E-state index in [2.05, 4.69) is 30.1 Å². The number of hydrogen-bond acceptors (Lipinski definition) is 5. The van der Waals surface area contributed by atoms with Gasteiger partial charge in [-0.15, -0.1) is 0 Å². The third kappa shape index (κ3) is 6.98. The van der Waals surface area contributed by atoms with E-state index < -0.39 is 5.54 Å². The fourth-order valence-electron chi connectivity index (χ4n) is 6.94. The summed E-state index contributed by atoms with van der Waals surface area (Å²) in [4.78, 5) is 31.0. The molecule has 7 nitrogen and oxygen atoms in total. The molecule has 2 saturated heterocycles. The summed E-state index contributed by atoms with van der Waals surface area (Å²) < 4.78 is 5.40. The van der Waals surface area contributed by atoms with Crippen LogP contribution in [0.2, 0.25) is 0 Å². The van der Waals surface area contributed by atoms with Crippen molar-refractivity contribution in [3.63, 3.8) is 0 Å². The van der Waals surface area contributed by atoms with E-state index in [-0.39, 0.29) is 24.2 Å². The van der Waals surface area contributed by atoms with Gasteiger partial charge in [0.2, 0.25) is 11.8 Å². The molecule has 4 aliphatic rings. The summed E-state index contributed by atoms with van der Waals surface area (Å²) in [6, 6.07) is 2.98. The van der Waals surface area contributed by atoms with Gasteiger partial charge in [0.1, 0.15) is 5.54 Å². The van der Waals surface area contributed by atoms with Crippen LogP contribution in [0.5, 0.6) is 0 Å². The maximum Gasteiger partial charge on any atom is 0.224 e. The molecule has 2 saturated carbocycles. The van der Waals surface area contributed by atoms with Crippen molar-refractivity contribution < 1.29 is 14.3 Å². The van der Waals surface area contributed by atoms with Crippen molar-refractivity contribution in [1.29, 1.82) is 5.26 Å². The molecular weight excluding hydrogens is 440 g/mol. The smallest absolute Gasteiger partial charge is 0.224 e. The molecule has 0 radical (unpaired) electrons. The molecule has 0 aromatic heterocycles. The number of amides is 2. The van der Waals surface area contributed by atoms with Gasteiger partial charge in [0, 0.05) is 44.6 Å². The lowest BCUT2D eigenvalue weighted by Crippen LogP contribution is -2.53. The summed E-state index contributed by atoms with van der Waals surface area (Å²) in [7, 11) is 0. The lowest BCUT2D eigenvalue weighted by atomic mass is 9.75. The Hall–Kier alpha value is -1.65. The van der Waals surface area contributed by atoms with Crippen molar-refractivity contribution in [2.24, 2.45) is 17.3 Å². The number of rotatable bonds is 7. The average Bonchev–Trinajstić information content (AvgIpc) is 3.28. The van der Waals surface area contributed by atoms with Crippen molar-refractivity contribution in [3.05, 3.63) is 0 Å². The first kappa shape index (κ1) is 26.4. The topological polar surface area (TPSA) is 85.7 Å². The fourth-order valence-corrected chi connectivity index (χ4v) is 6.94. The molecule has 2 heterocycles. The summed E-state index contributed by atoms with van der Waals surface area (Å²) in [5.41, 5.74) is -0.500. The monoisotopic (exact) mass is 486 g/mol. The molecule has 0 aromatic rings. The van der Waals surface area contributed by atoms with Gasteiger partial charge in [-0.05, 0) is 43.4 Å². The zero-order valence-electron chi connectivity index (χ0n) is 22.0. The summed E-state index contributed by atoms with van der Waals surface area (Å²) in [5, 5.41) is 13.4. The van der Waals surface area contributed by atoms with E-state index in [1.54, 1.807) is 0 Å². The highest BCUT2D eigenvalue weighted by Gasteiger charge is 2.45. The SMILES string of the molecule is CC1(C)CCCC(N2CC[C@](C#N)(NC(=O)[C@@H](CC(=O)N3CCOCC3)CC3CCCCC3)C2)C1. The van der Waals surface area contributed by atoms with Crippen LogP contribution < -0.4 is 5.32 Å². The van der Waals surface area contributed by atoms with Crippen LogP contribution in [0.1, 0.15) is 90.9 Å². The van der Waals surface area contributed by atoms with Crippen LogP contribution in [0.3, 0.4) is 0 Å². The van der Waals surface area contributed by atoms with Crippen LogP contribution in [0, 0.1) is 28.6 Å². The Morgan fingerprint density at radius 3 is 2.49 bits per heavy atom. The summed E-state index contributed by atoms with van der Waals surface area (Å²) in [5.74, 6) is 0.0956. The second kappa shape index (κ2) is 11.6. The molecule has 35 heavy (non-hydrogen) atoms. The minimum absolute atomic E-state index is 0.0488. The van der Waals surface area contributed by atoms with Crippen molar-refractivity contribution in [2.45, 2.75) is 102 Å². The molecule has 4 rings (SSSR count). The number of hydrogen-bond donors (Lipinski definition) is 1. The second-order valence-corrected chi connectivity index (χ2v) is 12.5. The Morgan fingerprint density at radius 2 is 1.80 bits per heavy atom. The molecule has 7 heteroatoms. The first-order chi connectivity index (χ1) is 16.8. The van der Waals surface area contributed by atoms with Crippen LogP contribution >= 0.6 is 0 Å². The maximum atomic E-state index is 13.7. The van der Waals surface area contributed by atoms with Crippen LogP contribution in [0.25, 0.3) is 0 Å². The van der Waals surface area contributed by atoms with Crippen molar-refractivity contribution in [1.82, 2.24) is 15.1 Å². The van der Waals surface area contributed by atoms with E-state index in [9.17, 15) is 14.9 Å². The number of ether oxygens (including phenoxy) is 1. The molecule has 2 amide bonds. The minimum Gasteiger partial charge on any atom is -0.378 e. The van der Waals surface area contributed by atoms with Crippen LogP contribution in [-0.2, 0) is 14.3 Å². The predicted octanol–water partition coefficient (Wildman–Crippen LogP) is 3.87. The summed E-state index contributed by atoms with van der Waals surface area (Å²) in [6.07, 6.45) is 12.5. The van der Waals surface area contributed by atoms with Gasteiger partial charge >= 0.3 is 0 Å². The number of carbonyl (C=O) groups is 2. The van der Waals surface area contributed by atoms with Gasteiger partial charge < -0.3 is 15.0 Å². The minimum atomic E-state index is -0.842. The lowest BCUT2D eigenvalue weighted by Gasteiger charge is -2.40. The zero-order chi connectivity index (χ0) is 24.9. The van der Waals surface area contributed by atoms with Crippen molar-refractivity contribution in [3.8, 4) is 6.07 Å². The first-order valence-electron chi connectivity index (χ1n) is 14.1.